The third kappa shape index (κ3) is 3.39. The second-order valence-corrected chi connectivity index (χ2v) is 7.37. The highest BCUT2D eigenvalue weighted by atomic mass is 19.1. The quantitative estimate of drug-likeness (QED) is 0.461. The first kappa shape index (κ1) is 17.6. The number of aromatic amines is 2. The van der Waals surface area contributed by atoms with Crippen LogP contribution in [0.4, 0.5) is 22.0 Å². The first-order valence-electron chi connectivity index (χ1n) is 9.55. The van der Waals surface area contributed by atoms with E-state index in [0.29, 0.717) is 24.0 Å². The van der Waals surface area contributed by atoms with Crippen LogP contribution in [0.15, 0.2) is 42.7 Å². The molecule has 29 heavy (non-hydrogen) atoms. The lowest BCUT2D eigenvalue weighted by Crippen LogP contribution is -2.24. The maximum Gasteiger partial charge on any atom is 0.227 e. The summed E-state index contributed by atoms with van der Waals surface area (Å²) in [6, 6.07) is 9.57. The van der Waals surface area contributed by atoms with Gasteiger partial charge in [0.15, 0.2) is 5.82 Å². The van der Waals surface area contributed by atoms with E-state index >= 15 is 0 Å². The zero-order chi connectivity index (χ0) is 20.0. The molecular weight excluding hydrogens is 371 g/mol. The van der Waals surface area contributed by atoms with Gasteiger partial charge in [0.1, 0.15) is 12.0 Å². The molecule has 1 aliphatic rings. The van der Waals surface area contributed by atoms with Crippen molar-refractivity contribution in [2.75, 3.05) is 17.3 Å². The molecule has 8 nitrogen and oxygen atoms in total. The minimum Gasteiger partial charge on any atom is -0.360 e. The van der Waals surface area contributed by atoms with E-state index in [4.69, 9.17) is 4.98 Å². The Morgan fingerprint density at radius 2 is 2.07 bits per heavy atom. The van der Waals surface area contributed by atoms with Gasteiger partial charge < -0.3 is 15.2 Å². The smallest absolute Gasteiger partial charge is 0.227 e. The third-order valence-electron chi connectivity index (χ3n) is 5.36. The molecule has 0 bridgehead atoms. The van der Waals surface area contributed by atoms with Crippen molar-refractivity contribution in [3.05, 3.63) is 54.1 Å². The summed E-state index contributed by atoms with van der Waals surface area (Å²) in [5.74, 6) is 1.74. The SMILES string of the molecule is C[C@H](c1ccc2[nH]ccc2n1)N(C)c1nccc(Nc2cc([C@@H]3C[C@H]3F)[nH]n2)n1. The van der Waals surface area contributed by atoms with Crippen molar-refractivity contribution in [1.82, 2.24) is 30.1 Å². The number of hydrogen-bond donors (Lipinski definition) is 3. The lowest BCUT2D eigenvalue weighted by atomic mass is 10.2. The van der Waals surface area contributed by atoms with Crippen molar-refractivity contribution in [3.8, 4) is 0 Å². The molecule has 3 atom stereocenters. The molecule has 3 N–H and O–H groups in total. The Bertz CT molecular complexity index is 1150. The van der Waals surface area contributed by atoms with Gasteiger partial charge in [-0.25, -0.2) is 14.4 Å². The van der Waals surface area contributed by atoms with Gasteiger partial charge in [0.25, 0.3) is 0 Å². The van der Waals surface area contributed by atoms with Crippen molar-refractivity contribution in [3.63, 3.8) is 0 Å². The second kappa shape index (κ2) is 6.84. The normalized spacial score (nSPS) is 19.3. The summed E-state index contributed by atoms with van der Waals surface area (Å²) >= 11 is 0. The lowest BCUT2D eigenvalue weighted by Gasteiger charge is -2.24. The van der Waals surface area contributed by atoms with E-state index in [0.717, 1.165) is 22.4 Å². The number of alkyl halides is 1. The maximum atomic E-state index is 13.2. The molecule has 0 unspecified atom stereocenters. The summed E-state index contributed by atoms with van der Waals surface area (Å²) in [5.41, 5.74) is 3.68. The van der Waals surface area contributed by atoms with E-state index in [-0.39, 0.29) is 12.0 Å². The van der Waals surface area contributed by atoms with Crippen LogP contribution in [0.5, 0.6) is 0 Å². The van der Waals surface area contributed by atoms with Gasteiger partial charge in [-0.05, 0) is 37.6 Å². The summed E-state index contributed by atoms with van der Waals surface area (Å²) < 4.78 is 13.2. The van der Waals surface area contributed by atoms with Crippen molar-refractivity contribution in [2.24, 2.45) is 0 Å². The number of rotatable bonds is 6. The van der Waals surface area contributed by atoms with Gasteiger partial charge >= 0.3 is 0 Å². The average molecular weight is 392 g/mol. The highest BCUT2D eigenvalue weighted by Crippen LogP contribution is 2.43. The average Bonchev–Trinajstić information content (AvgIpc) is 3.11. The number of hydrogen-bond acceptors (Lipinski definition) is 6. The number of nitrogens with zero attached hydrogens (tertiary/aromatic N) is 5. The molecule has 1 fully saturated rings. The Labute approximate surface area is 166 Å². The molecular formula is C20H21FN8. The Morgan fingerprint density at radius 1 is 1.21 bits per heavy atom. The fraction of sp³-hybridized carbons (Fsp3) is 0.300. The molecule has 9 heteroatoms. The number of pyridine rings is 1. The highest BCUT2D eigenvalue weighted by Gasteiger charge is 2.40. The maximum absolute atomic E-state index is 13.2. The highest BCUT2D eigenvalue weighted by molar-refractivity contribution is 5.74. The van der Waals surface area contributed by atoms with Crippen LogP contribution in [-0.2, 0) is 0 Å². The zero-order valence-electron chi connectivity index (χ0n) is 16.1. The molecule has 0 amide bonds. The minimum atomic E-state index is -0.761. The molecule has 4 aromatic rings. The topological polar surface area (TPSA) is 98.4 Å². The van der Waals surface area contributed by atoms with Crippen LogP contribution in [0.1, 0.15) is 36.7 Å². The number of anilines is 3. The Hall–Kier alpha value is -3.49. The van der Waals surface area contributed by atoms with Crippen LogP contribution in [0.25, 0.3) is 11.0 Å². The Balaban J connectivity index is 1.33. The number of H-pyrrole nitrogens is 2. The van der Waals surface area contributed by atoms with Gasteiger partial charge in [-0.15, -0.1) is 0 Å². The lowest BCUT2D eigenvalue weighted by molar-refractivity contribution is 0.466. The van der Waals surface area contributed by atoms with E-state index in [2.05, 4.69) is 37.4 Å². The molecule has 4 aromatic heterocycles. The molecule has 0 aromatic carbocycles. The Morgan fingerprint density at radius 3 is 2.90 bits per heavy atom. The van der Waals surface area contributed by atoms with Crippen LogP contribution < -0.4 is 10.2 Å². The van der Waals surface area contributed by atoms with Gasteiger partial charge in [-0.2, -0.15) is 10.1 Å². The monoisotopic (exact) mass is 392 g/mol. The van der Waals surface area contributed by atoms with Crippen LogP contribution in [-0.4, -0.2) is 43.4 Å². The van der Waals surface area contributed by atoms with Crippen molar-refractivity contribution in [2.45, 2.75) is 31.5 Å². The third-order valence-corrected chi connectivity index (χ3v) is 5.36. The molecule has 0 spiro atoms. The zero-order valence-corrected chi connectivity index (χ0v) is 16.1. The summed E-state index contributed by atoms with van der Waals surface area (Å²) in [6.45, 7) is 2.06. The van der Waals surface area contributed by atoms with Gasteiger partial charge in [0, 0.05) is 37.1 Å². The fourth-order valence-electron chi connectivity index (χ4n) is 3.35. The van der Waals surface area contributed by atoms with Gasteiger partial charge in [-0.3, -0.25) is 5.10 Å². The molecule has 0 radical (unpaired) electrons. The van der Waals surface area contributed by atoms with E-state index in [1.54, 1.807) is 12.3 Å². The van der Waals surface area contributed by atoms with Crippen LogP contribution >= 0.6 is 0 Å². The van der Waals surface area contributed by atoms with Crippen LogP contribution in [0, 0.1) is 0 Å². The van der Waals surface area contributed by atoms with Gasteiger partial charge in [0.2, 0.25) is 5.95 Å². The molecule has 1 aliphatic carbocycles. The predicted octanol–water partition coefficient (Wildman–Crippen LogP) is 3.84. The molecule has 5 rings (SSSR count). The van der Waals surface area contributed by atoms with Crippen LogP contribution in [0.3, 0.4) is 0 Å². The first-order valence-corrected chi connectivity index (χ1v) is 9.55. The van der Waals surface area contributed by atoms with E-state index in [1.165, 1.54) is 0 Å². The van der Waals surface area contributed by atoms with Crippen molar-refractivity contribution >= 4 is 28.6 Å². The standard InChI is InChI=1S/C20H21FN8/c1-11(14-3-4-15-16(24-14)5-7-22-15)29(2)20-23-8-6-18(26-20)25-19-10-17(27-28-19)12-9-13(12)21/h3-8,10-13,22H,9H2,1-2H3,(H2,23,25,26,27,28)/t11-,12-,13-/m1/s1. The largest absolute Gasteiger partial charge is 0.360 e. The number of nitrogens with one attached hydrogen (secondary N) is 3. The second-order valence-electron chi connectivity index (χ2n) is 7.37. The Kier molecular flexibility index (Phi) is 4.15. The van der Waals surface area contributed by atoms with Crippen molar-refractivity contribution < 1.29 is 4.39 Å². The van der Waals surface area contributed by atoms with Crippen LogP contribution in [0.2, 0.25) is 0 Å². The van der Waals surface area contributed by atoms with Crippen molar-refractivity contribution in [1.29, 1.82) is 0 Å². The minimum absolute atomic E-state index is 0.0158. The molecule has 1 saturated carbocycles. The summed E-state index contributed by atoms with van der Waals surface area (Å²) in [5, 5.41) is 10.2. The molecule has 0 aliphatic heterocycles. The van der Waals surface area contributed by atoms with Gasteiger partial charge in [-0.1, -0.05) is 0 Å². The molecule has 4 heterocycles. The van der Waals surface area contributed by atoms with E-state index in [1.807, 2.05) is 42.4 Å². The molecule has 0 saturated heterocycles. The fourth-order valence-corrected chi connectivity index (χ4v) is 3.35. The first-order chi connectivity index (χ1) is 14.1. The summed E-state index contributed by atoms with van der Waals surface area (Å²) in [4.78, 5) is 18.8. The summed E-state index contributed by atoms with van der Waals surface area (Å²) in [7, 11) is 1.94. The van der Waals surface area contributed by atoms with E-state index < -0.39 is 6.17 Å². The number of halogens is 1. The number of fused-ring (bicyclic) bond motifs is 1. The predicted molar refractivity (Wildman–Crippen MR) is 109 cm³/mol. The van der Waals surface area contributed by atoms with E-state index in [9.17, 15) is 4.39 Å². The number of aromatic nitrogens is 6. The molecule has 148 valence electrons. The summed E-state index contributed by atoms with van der Waals surface area (Å²) in [6.07, 6.45) is 3.38. The van der Waals surface area contributed by atoms with Gasteiger partial charge in [0.05, 0.1) is 22.8 Å².